The van der Waals surface area contributed by atoms with E-state index < -0.39 is 0 Å². The lowest BCUT2D eigenvalue weighted by molar-refractivity contribution is -0.187. The summed E-state index contributed by atoms with van der Waals surface area (Å²) in [7, 11) is 1.44. The van der Waals surface area contributed by atoms with Crippen LogP contribution in [0.3, 0.4) is 0 Å². The number of methoxy groups -OCH3 is 1. The predicted molar refractivity (Wildman–Crippen MR) is 129 cm³/mol. The molecule has 33 heavy (non-hydrogen) atoms. The first-order chi connectivity index (χ1) is 16.1. The van der Waals surface area contributed by atoms with Crippen molar-refractivity contribution >= 4 is 5.97 Å². The van der Waals surface area contributed by atoms with E-state index >= 15 is 0 Å². The third-order valence-electron chi connectivity index (χ3n) is 7.76. The van der Waals surface area contributed by atoms with E-state index in [1.54, 1.807) is 0 Å². The van der Waals surface area contributed by atoms with Crippen molar-refractivity contribution in [1.29, 1.82) is 0 Å². The number of fused-ring (bicyclic) bond motifs is 1. The van der Waals surface area contributed by atoms with Crippen LogP contribution in [-0.2, 0) is 23.7 Å². The molecule has 2 saturated heterocycles. The van der Waals surface area contributed by atoms with Crippen molar-refractivity contribution in [3.05, 3.63) is 36.0 Å². The Hall–Kier alpha value is -1.43. The van der Waals surface area contributed by atoms with Gasteiger partial charge in [-0.25, -0.2) is 0 Å². The first-order valence-corrected chi connectivity index (χ1v) is 13.2. The molecule has 2 aliphatic heterocycles. The Balaban J connectivity index is 1.30. The zero-order valence-electron chi connectivity index (χ0n) is 20.5. The van der Waals surface area contributed by atoms with Gasteiger partial charge in [-0.3, -0.25) is 4.79 Å². The fourth-order valence-electron chi connectivity index (χ4n) is 5.85. The predicted octanol–water partition coefficient (Wildman–Crippen LogP) is 5.89. The second-order valence-electron chi connectivity index (χ2n) is 10.3. The summed E-state index contributed by atoms with van der Waals surface area (Å²) >= 11 is 0. The van der Waals surface area contributed by atoms with Gasteiger partial charge in [0.2, 0.25) is 0 Å². The summed E-state index contributed by atoms with van der Waals surface area (Å²) in [5.41, 5.74) is 1.45. The van der Waals surface area contributed by atoms with Crippen molar-refractivity contribution in [2.45, 2.75) is 102 Å². The zero-order valence-corrected chi connectivity index (χ0v) is 20.5. The fourth-order valence-corrected chi connectivity index (χ4v) is 5.85. The molecule has 0 aromatic rings. The van der Waals surface area contributed by atoms with Crippen molar-refractivity contribution < 1.29 is 23.7 Å². The zero-order chi connectivity index (χ0) is 23.0. The largest absolute Gasteiger partial charge is 0.469 e. The van der Waals surface area contributed by atoms with Crippen LogP contribution in [0.5, 0.6) is 0 Å². The van der Waals surface area contributed by atoms with E-state index in [1.807, 2.05) is 0 Å². The molecule has 1 unspecified atom stereocenters. The van der Waals surface area contributed by atoms with Gasteiger partial charge >= 0.3 is 5.97 Å². The molecule has 0 aromatic carbocycles. The molecule has 0 bridgehead atoms. The van der Waals surface area contributed by atoms with Crippen LogP contribution in [0, 0.1) is 17.8 Å². The Morgan fingerprint density at radius 2 is 2.06 bits per heavy atom. The maximum absolute atomic E-state index is 11.3. The molecule has 3 fully saturated rings. The maximum Gasteiger partial charge on any atom is 0.305 e. The molecular weight excluding hydrogens is 416 g/mol. The molecule has 0 spiro atoms. The van der Waals surface area contributed by atoms with E-state index in [0.717, 1.165) is 51.0 Å². The van der Waals surface area contributed by atoms with E-state index in [9.17, 15) is 4.79 Å². The molecule has 0 amide bonds. The SMILES string of the molecule is COC(=O)CCC=C[C@@H]1CC[C@H](C)O[C@H]1C=CC1=C[C@@H]2C[C@@H](OC3CCCCO3)C[C@@H]2CC1. The minimum Gasteiger partial charge on any atom is -0.469 e. The average Bonchev–Trinajstić information content (AvgIpc) is 3.23. The molecule has 0 N–H and O–H groups in total. The van der Waals surface area contributed by atoms with Gasteiger partial charge in [-0.15, -0.1) is 0 Å². The Morgan fingerprint density at radius 1 is 1.15 bits per heavy atom. The number of hydrogen-bond acceptors (Lipinski definition) is 5. The van der Waals surface area contributed by atoms with Gasteiger partial charge in [-0.2, -0.15) is 0 Å². The number of rotatable bonds is 8. The van der Waals surface area contributed by atoms with Gasteiger partial charge in [-0.05, 0) is 83.0 Å². The molecule has 0 aromatic heterocycles. The molecular formula is C28H42O5. The maximum atomic E-state index is 11.3. The molecule has 184 valence electrons. The van der Waals surface area contributed by atoms with Gasteiger partial charge in [0.05, 0.1) is 25.4 Å². The highest BCUT2D eigenvalue weighted by Crippen LogP contribution is 2.43. The van der Waals surface area contributed by atoms with Gasteiger partial charge in [0.15, 0.2) is 6.29 Å². The molecule has 2 heterocycles. The topological polar surface area (TPSA) is 54.0 Å². The Labute approximate surface area is 199 Å². The first-order valence-electron chi connectivity index (χ1n) is 13.2. The number of hydrogen-bond donors (Lipinski definition) is 0. The lowest BCUT2D eigenvalue weighted by Crippen LogP contribution is -2.31. The molecule has 2 aliphatic carbocycles. The summed E-state index contributed by atoms with van der Waals surface area (Å²) in [4.78, 5) is 11.3. The molecule has 5 heteroatoms. The van der Waals surface area contributed by atoms with Crippen LogP contribution in [-0.4, -0.2) is 44.3 Å². The molecule has 5 nitrogen and oxygen atoms in total. The second kappa shape index (κ2) is 12.3. The fraction of sp³-hybridized carbons (Fsp3) is 0.750. The third-order valence-corrected chi connectivity index (χ3v) is 7.76. The van der Waals surface area contributed by atoms with Crippen LogP contribution in [0.1, 0.15) is 77.6 Å². The number of ether oxygens (including phenoxy) is 4. The van der Waals surface area contributed by atoms with Crippen molar-refractivity contribution in [2.24, 2.45) is 17.8 Å². The standard InChI is InChI=1S/C28H42O5/c1-20-10-13-22(7-3-4-8-27(29)30-2)26(32-20)15-12-21-11-14-23-18-25(19-24(23)17-21)33-28-9-5-6-16-31-28/h3,7,12,15,17,20,22-26,28H,4-6,8-11,13-14,16,18-19H2,1-2H3/t20-,22+,23-,24+,25-,26-,28?/m0/s1. The summed E-state index contributed by atoms with van der Waals surface area (Å²) in [6.45, 7) is 3.01. The van der Waals surface area contributed by atoms with E-state index in [-0.39, 0.29) is 18.4 Å². The van der Waals surface area contributed by atoms with E-state index in [0.29, 0.717) is 30.5 Å². The smallest absolute Gasteiger partial charge is 0.305 e. The number of esters is 1. The highest BCUT2D eigenvalue weighted by atomic mass is 16.7. The minimum atomic E-state index is -0.155. The third kappa shape index (κ3) is 7.27. The Morgan fingerprint density at radius 3 is 2.88 bits per heavy atom. The summed E-state index contributed by atoms with van der Waals surface area (Å²) in [5, 5.41) is 0. The van der Waals surface area contributed by atoms with Crippen LogP contribution >= 0.6 is 0 Å². The lowest BCUT2D eigenvalue weighted by atomic mass is 9.82. The van der Waals surface area contributed by atoms with Crippen molar-refractivity contribution in [3.8, 4) is 0 Å². The van der Waals surface area contributed by atoms with Crippen LogP contribution in [0.2, 0.25) is 0 Å². The normalized spacial score (nSPS) is 37.3. The van der Waals surface area contributed by atoms with E-state index in [4.69, 9.17) is 18.9 Å². The number of allylic oxidation sites excluding steroid dienone is 4. The first kappa shape index (κ1) is 24.7. The number of carbonyl (C=O) groups is 1. The summed E-state index contributed by atoms with van der Waals surface area (Å²) in [5.74, 6) is 1.60. The molecule has 4 rings (SSSR count). The van der Waals surface area contributed by atoms with Crippen molar-refractivity contribution in [2.75, 3.05) is 13.7 Å². The van der Waals surface area contributed by atoms with Gasteiger partial charge in [0.25, 0.3) is 0 Å². The summed E-state index contributed by atoms with van der Waals surface area (Å²) in [6.07, 6.45) is 23.7. The Kier molecular flexibility index (Phi) is 9.22. The van der Waals surface area contributed by atoms with Crippen molar-refractivity contribution in [3.63, 3.8) is 0 Å². The Bertz CT molecular complexity index is 720. The van der Waals surface area contributed by atoms with Crippen molar-refractivity contribution in [1.82, 2.24) is 0 Å². The monoisotopic (exact) mass is 458 g/mol. The van der Waals surface area contributed by atoms with E-state index in [2.05, 4.69) is 37.3 Å². The van der Waals surface area contributed by atoms with Gasteiger partial charge < -0.3 is 18.9 Å². The summed E-state index contributed by atoms with van der Waals surface area (Å²) < 4.78 is 23.1. The molecule has 1 saturated carbocycles. The minimum absolute atomic E-state index is 0.0234. The lowest BCUT2D eigenvalue weighted by Gasteiger charge is -2.32. The quantitative estimate of drug-likeness (QED) is 0.335. The highest BCUT2D eigenvalue weighted by Gasteiger charge is 2.37. The van der Waals surface area contributed by atoms with Crippen LogP contribution < -0.4 is 0 Å². The van der Waals surface area contributed by atoms with Gasteiger partial charge in [0, 0.05) is 18.9 Å². The highest BCUT2D eigenvalue weighted by molar-refractivity contribution is 5.69. The molecule has 7 atom stereocenters. The van der Waals surface area contributed by atoms with E-state index in [1.165, 1.54) is 38.4 Å². The second-order valence-corrected chi connectivity index (χ2v) is 10.3. The molecule has 4 aliphatic rings. The van der Waals surface area contributed by atoms with Crippen LogP contribution in [0.25, 0.3) is 0 Å². The summed E-state index contributed by atoms with van der Waals surface area (Å²) in [6, 6.07) is 0. The van der Waals surface area contributed by atoms with Crippen LogP contribution in [0.15, 0.2) is 36.0 Å². The molecule has 0 radical (unpaired) electrons. The van der Waals surface area contributed by atoms with Gasteiger partial charge in [0.1, 0.15) is 0 Å². The van der Waals surface area contributed by atoms with Gasteiger partial charge in [-0.1, -0.05) is 36.0 Å². The average molecular weight is 459 g/mol. The van der Waals surface area contributed by atoms with Crippen LogP contribution in [0.4, 0.5) is 0 Å². The number of carbonyl (C=O) groups excluding carboxylic acids is 1.